The second-order valence-electron chi connectivity index (χ2n) is 7.25. The third kappa shape index (κ3) is 5.74. The molecule has 0 bridgehead atoms. The number of ether oxygens (including phenoxy) is 2. The van der Waals surface area contributed by atoms with Gasteiger partial charge in [-0.25, -0.2) is 0 Å². The van der Waals surface area contributed by atoms with Gasteiger partial charge in [-0.3, -0.25) is 0 Å². The lowest BCUT2D eigenvalue weighted by molar-refractivity contribution is 0.401. The summed E-state index contributed by atoms with van der Waals surface area (Å²) in [5.41, 5.74) is 1.50. The molecular formula is C20H26O2. The van der Waals surface area contributed by atoms with E-state index in [1.165, 1.54) is 0 Å². The van der Waals surface area contributed by atoms with E-state index in [1.807, 2.05) is 12.1 Å². The van der Waals surface area contributed by atoms with Gasteiger partial charge in [0.2, 0.25) is 0 Å². The monoisotopic (exact) mass is 298 g/mol. The molecule has 0 aromatic heterocycles. The van der Waals surface area contributed by atoms with Crippen molar-refractivity contribution in [2.45, 2.75) is 41.5 Å². The fourth-order valence-corrected chi connectivity index (χ4v) is 1.60. The highest BCUT2D eigenvalue weighted by atomic mass is 16.5. The molecule has 1 rings (SSSR count). The van der Waals surface area contributed by atoms with Gasteiger partial charge in [0.25, 0.3) is 0 Å². The van der Waals surface area contributed by atoms with Gasteiger partial charge >= 0.3 is 0 Å². The molecule has 1 aromatic carbocycles. The van der Waals surface area contributed by atoms with Crippen LogP contribution in [0.4, 0.5) is 0 Å². The van der Waals surface area contributed by atoms with Crippen molar-refractivity contribution in [3.63, 3.8) is 0 Å². The minimum atomic E-state index is -0.0665. The van der Waals surface area contributed by atoms with Crippen LogP contribution >= 0.6 is 0 Å². The van der Waals surface area contributed by atoms with Gasteiger partial charge in [0, 0.05) is 23.0 Å². The Hall–Kier alpha value is -2.06. The molecule has 2 heteroatoms. The molecule has 118 valence electrons. The highest BCUT2D eigenvalue weighted by Crippen LogP contribution is 2.28. The average Bonchev–Trinajstić information content (AvgIpc) is 2.40. The van der Waals surface area contributed by atoms with Crippen LogP contribution < -0.4 is 9.47 Å². The SMILES string of the molecule is COc1cc(C#CC(C)(C)C)c(OC)cc1C#CC(C)(C)C. The van der Waals surface area contributed by atoms with Crippen molar-refractivity contribution >= 4 is 0 Å². The number of hydrogen-bond donors (Lipinski definition) is 0. The molecule has 2 nitrogen and oxygen atoms in total. The molecule has 0 aliphatic rings. The highest BCUT2D eigenvalue weighted by molar-refractivity contribution is 5.58. The Morgan fingerprint density at radius 3 is 1.23 bits per heavy atom. The van der Waals surface area contributed by atoms with E-state index in [1.54, 1.807) is 14.2 Å². The van der Waals surface area contributed by atoms with E-state index in [4.69, 9.17) is 9.47 Å². The van der Waals surface area contributed by atoms with Crippen molar-refractivity contribution in [3.8, 4) is 35.2 Å². The summed E-state index contributed by atoms with van der Waals surface area (Å²) in [4.78, 5) is 0. The second-order valence-corrected chi connectivity index (χ2v) is 7.25. The first kappa shape index (κ1) is 18.0. The quantitative estimate of drug-likeness (QED) is 0.748. The van der Waals surface area contributed by atoms with E-state index < -0.39 is 0 Å². The molecule has 0 aliphatic carbocycles. The van der Waals surface area contributed by atoms with Crippen LogP contribution in [0.15, 0.2) is 12.1 Å². The first-order valence-electron chi connectivity index (χ1n) is 7.38. The molecule has 0 unspecified atom stereocenters. The van der Waals surface area contributed by atoms with Crippen molar-refractivity contribution in [1.82, 2.24) is 0 Å². The van der Waals surface area contributed by atoms with Crippen molar-refractivity contribution in [2.24, 2.45) is 10.8 Å². The first-order chi connectivity index (χ1) is 10.1. The summed E-state index contributed by atoms with van der Waals surface area (Å²) in [6, 6.07) is 3.79. The third-order valence-electron chi connectivity index (χ3n) is 2.67. The van der Waals surface area contributed by atoms with Gasteiger partial charge in [-0.05, 0) is 41.5 Å². The minimum Gasteiger partial charge on any atom is -0.495 e. The van der Waals surface area contributed by atoms with Crippen molar-refractivity contribution in [1.29, 1.82) is 0 Å². The molecule has 0 N–H and O–H groups in total. The Morgan fingerprint density at radius 1 is 0.682 bits per heavy atom. The van der Waals surface area contributed by atoms with E-state index in [9.17, 15) is 0 Å². The Bertz CT molecular complexity index is 588. The maximum Gasteiger partial charge on any atom is 0.135 e. The normalized spacial score (nSPS) is 10.9. The molecule has 0 spiro atoms. The number of benzene rings is 1. The van der Waals surface area contributed by atoms with E-state index in [-0.39, 0.29) is 10.8 Å². The standard InChI is InChI=1S/C20H26O2/c1-19(2,3)11-9-15-13-18(22-8)16(14-17(15)21-7)10-12-20(4,5)6/h13-14H,1-8H3. The van der Waals surface area contributed by atoms with Gasteiger partial charge < -0.3 is 9.47 Å². The van der Waals surface area contributed by atoms with Crippen molar-refractivity contribution in [3.05, 3.63) is 23.3 Å². The molecule has 0 saturated carbocycles. The van der Waals surface area contributed by atoms with Crippen LogP contribution in [-0.4, -0.2) is 14.2 Å². The zero-order chi connectivity index (χ0) is 17.0. The van der Waals surface area contributed by atoms with E-state index in [0.717, 1.165) is 22.6 Å². The second kappa shape index (κ2) is 6.80. The van der Waals surface area contributed by atoms with Gasteiger partial charge in [0.05, 0.1) is 25.3 Å². The van der Waals surface area contributed by atoms with Gasteiger partial charge in [0.15, 0.2) is 0 Å². The molecule has 0 heterocycles. The van der Waals surface area contributed by atoms with Crippen molar-refractivity contribution in [2.75, 3.05) is 14.2 Å². The molecule has 0 aliphatic heterocycles. The van der Waals surface area contributed by atoms with Crippen LogP contribution in [0.5, 0.6) is 11.5 Å². The van der Waals surface area contributed by atoms with Crippen LogP contribution in [0.2, 0.25) is 0 Å². The van der Waals surface area contributed by atoms with Crippen LogP contribution in [0.1, 0.15) is 52.7 Å². The Morgan fingerprint density at radius 2 is 1.00 bits per heavy atom. The maximum atomic E-state index is 5.46. The van der Waals surface area contributed by atoms with Gasteiger partial charge in [-0.1, -0.05) is 23.7 Å². The number of rotatable bonds is 2. The summed E-state index contributed by atoms with van der Waals surface area (Å²) in [6.45, 7) is 12.5. The van der Waals surface area contributed by atoms with E-state index in [2.05, 4.69) is 65.2 Å². The summed E-state index contributed by atoms with van der Waals surface area (Å²) in [5, 5.41) is 0. The largest absolute Gasteiger partial charge is 0.495 e. The summed E-state index contributed by atoms with van der Waals surface area (Å²) in [5.74, 6) is 14.2. The predicted octanol–water partition coefficient (Wildman–Crippen LogP) is 4.50. The molecule has 0 saturated heterocycles. The number of hydrogen-bond acceptors (Lipinski definition) is 2. The summed E-state index contributed by atoms with van der Waals surface area (Å²) < 4.78 is 10.9. The minimum absolute atomic E-state index is 0.0665. The van der Waals surface area contributed by atoms with E-state index >= 15 is 0 Å². The van der Waals surface area contributed by atoms with E-state index in [0.29, 0.717) is 0 Å². The van der Waals surface area contributed by atoms with Crippen molar-refractivity contribution < 1.29 is 9.47 Å². The molecule has 0 fully saturated rings. The maximum absolute atomic E-state index is 5.46. The summed E-state index contributed by atoms with van der Waals surface area (Å²) in [7, 11) is 3.29. The van der Waals surface area contributed by atoms with Crippen LogP contribution in [0, 0.1) is 34.5 Å². The molecule has 0 radical (unpaired) electrons. The highest BCUT2D eigenvalue weighted by Gasteiger charge is 2.11. The molecule has 1 aromatic rings. The predicted molar refractivity (Wildman–Crippen MR) is 92.2 cm³/mol. The molecular weight excluding hydrogens is 272 g/mol. The average molecular weight is 298 g/mol. The first-order valence-corrected chi connectivity index (χ1v) is 7.38. The lowest BCUT2D eigenvalue weighted by atomic mass is 9.96. The summed E-state index contributed by atoms with van der Waals surface area (Å²) >= 11 is 0. The smallest absolute Gasteiger partial charge is 0.135 e. The van der Waals surface area contributed by atoms with Gasteiger partial charge in [-0.15, -0.1) is 0 Å². The molecule has 22 heavy (non-hydrogen) atoms. The fraction of sp³-hybridized carbons (Fsp3) is 0.500. The van der Waals surface area contributed by atoms with Gasteiger partial charge in [0.1, 0.15) is 11.5 Å². The Balaban J connectivity index is 3.40. The zero-order valence-corrected chi connectivity index (χ0v) is 15.0. The van der Waals surface area contributed by atoms with Crippen LogP contribution in [0.3, 0.4) is 0 Å². The fourth-order valence-electron chi connectivity index (χ4n) is 1.60. The summed E-state index contributed by atoms with van der Waals surface area (Å²) in [6.07, 6.45) is 0. The topological polar surface area (TPSA) is 18.5 Å². The lowest BCUT2D eigenvalue weighted by Crippen LogP contribution is -2.01. The lowest BCUT2D eigenvalue weighted by Gasteiger charge is -2.11. The van der Waals surface area contributed by atoms with Crippen LogP contribution in [0.25, 0.3) is 0 Å². The van der Waals surface area contributed by atoms with Crippen LogP contribution in [-0.2, 0) is 0 Å². The Labute approximate surface area is 135 Å². The van der Waals surface area contributed by atoms with Gasteiger partial charge in [-0.2, -0.15) is 0 Å². The number of methoxy groups -OCH3 is 2. The Kier molecular flexibility index (Phi) is 5.56. The zero-order valence-electron chi connectivity index (χ0n) is 15.0. The third-order valence-corrected chi connectivity index (χ3v) is 2.67. The molecule has 0 atom stereocenters. The molecule has 0 amide bonds.